The minimum Gasteiger partial charge on any atom is -0.313 e. The third kappa shape index (κ3) is 3.54. The lowest BCUT2D eigenvalue weighted by Crippen LogP contribution is -2.37. The molecule has 3 nitrogen and oxygen atoms in total. The zero-order chi connectivity index (χ0) is 14.7. The average molecular weight is 304 g/mol. The molecule has 2 heterocycles. The van der Waals surface area contributed by atoms with Crippen LogP contribution in [0.4, 0.5) is 0 Å². The van der Waals surface area contributed by atoms with E-state index in [1.807, 2.05) is 18.2 Å². The number of fused-ring (bicyclic) bond motifs is 1. The highest BCUT2D eigenvalue weighted by atomic mass is 35.5. The molecular formula is C17H22ClN3. The molecule has 1 unspecified atom stereocenters. The molecule has 0 saturated carbocycles. The van der Waals surface area contributed by atoms with Crippen LogP contribution < -0.4 is 5.32 Å². The van der Waals surface area contributed by atoms with E-state index in [4.69, 9.17) is 11.6 Å². The molecule has 1 aliphatic rings. The molecule has 1 saturated heterocycles. The van der Waals surface area contributed by atoms with Crippen LogP contribution in [0.15, 0.2) is 30.3 Å². The zero-order valence-electron chi connectivity index (χ0n) is 12.5. The number of nitrogens with one attached hydrogen (secondary N) is 1. The highest BCUT2D eigenvalue weighted by Gasteiger charge is 2.18. The summed E-state index contributed by atoms with van der Waals surface area (Å²) in [6.45, 7) is 6.34. The van der Waals surface area contributed by atoms with Gasteiger partial charge >= 0.3 is 0 Å². The molecule has 1 aromatic carbocycles. The van der Waals surface area contributed by atoms with Gasteiger partial charge in [-0.05, 0) is 38.1 Å². The summed E-state index contributed by atoms with van der Waals surface area (Å²) in [6, 6.07) is 10.9. The first kappa shape index (κ1) is 14.8. The fourth-order valence-electron chi connectivity index (χ4n) is 3.02. The van der Waals surface area contributed by atoms with Gasteiger partial charge in [-0.3, -0.25) is 4.90 Å². The molecule has 1 aliphatic heterocycles. The molecule has 1 atom stereocenters. The van der Waals surface area contributed by atoms with Crippen molar-refractivity contribution in [1.29, 1.82) is 0 Å². The number of nitrogens with zero attached hydrogens (tertiary/aromatic N) is 2. The van der Waals surface area contributed by atoms with E-state index in [0.29, 0.717) is 11.2 Å². The monoisotopic (exact) mass is 303 g/mol. The first-order valence-electron chi connectivity index (χ1n) is 7.76. The van der Waals surface area contributed by atoms with Crippen molar-refractivity contribution >= 4 is 22.5 Å². The van der Waals surface area contributed by atoms with Crippen molar-refractivity contribution in [2.75, 3.05) is 19.6 Å². The smallest absolute Gasteiger partial charge is 0.134 e. The highest BCUT2D eigenvalue weighted by Crippen LogP contribution is 2.22. The number of likely N-dealkylation sites (N-methyl/N-ethyl adjacent to an activating group) is 1. The molecule has 1 aromatic heterocycles. The number of para-hydroxylation sites is 1. The van der Waals surface area contributed by atoms with Crippen LogP contribution in [0, 0.1) is 0 Å². The first-order chi connectivity index (χ1) is 10.3. The Morgan fingerprint density at radius 1 is 1.38 bits per heavy atom. The van der Waals surface area contributed by atoms with Crippen molar-refractivity contribution in [2.45, 2.75) is 32.4 Å². The van der Waals surface area contributed by atoms with Crippen LogP contribution in [0.5, 0.6) is 0 Å². The lowest BCUT2D eigenvalue weighted by Gasteiger charge is -2.24. The maximum Gasteiger partial charge on any atom is 0.134 e. The van der Waals surface area contributed by atoms with E-state index in [0.717, 1.165) is 42.6 Å². The third-order valence-electron chi connectivity index (χ3n) is 4.23. The summed E-state index contributed by atoms with van der Waals surface area (Å²) in [7, 11) is 0. The van der Waals surface area contributed by atoms with Gasteiger partial charge in [-0.25, -0.2) is 4.98 Å². The van der Waals surface area contributed by atoms with Crippen LogP contribution in [0.25, 0.3) is 10.9 Å². The number of rotatable bonds is 5. The Labute approximate surface area is 131 Å². The summed E-state index contributed by atoms with van der Waals surface area (Å²) in [6.07, 6.45) is 2.57. The van der Waals surface area contributed by atoms with E-state index >= 15 is 0 Å². The van der Waals surface area contributed by atoms with Crippen LogP contribution in [0.2, 0.25) is 5.15 Å². The normalized spacial score (nSPS) is 18.7. The van der Waals surface area contributed by atoms with E-state index in [2.05, 4.69) is 34.3 Å². The van der Waals surface area contributed by atoms with Gasteiger partial charge in [-0.2, -0.15) is 0 Å². The number of halogens is 1. The summed E-state index contributed by atoms with van der Waals surface area (Å²) in [5, 5.41) is 5.35. The Morgan fingerprint density at radius 3 is 3.00 bits per heavy atom. The Balaban J connectivity index is 1.77. The minimum absolute atomic E-state index is 0.622. The van der Waals surface area contributed by atoms with Gasteiger partial charge in [0.2, 0.25) is 0 Å². The molecule has 0 spiro atoms. The van der Waals surface area contributed by atoms with Crippen molar-refractivity contribution in [3.63, 3.8) is 0 Å². The molecule has 1 fully saturated rings. The summed E-state index contributed by atoms with van der Waals surface area (Å²) in [4.78, 5) is 6.96. The van der Waals surface area contributed by atoms with Gasteiger partial charge in [0.1, 0.15) is 5.15 Å². The van der Waals surface area contributed by atoms with Crippen molar-refractivity contribution in [3.8, 4) is 0 Å². The molecule has 2 aromatic rings. The summed E-state index contributed by atoms with van der Waals surface area (Å²) in [5.74, 6) is 0. The molecule has 4 heteroatoms. The van der Waals surface area contributed by atoms with E-state index in [-0.39, 0.29) is 0 Å². The molecular weight excluding hydrogens is 282 g/mol. The molecule has 21 heavy (non-hydrogen) atoms. The third-order valence-corrected chi connectivity index (χ3v) is 4.56. The molecule has 0 radical (unpaired) electrons. The van der Waals surface area contributed by atoms with Crippen LogP contribution >= 0.6 is 11.6 Å². The van der Waals surface area contributed by atoms with Gasteiger partial charge in [0.15, 0.2) is 0 Å². The maximum absolute atomic E-state index is 6.37. The van der Waals surface area contributed by atoms with Gasteiger partial charge in [0.05, 0.1) is 5.52 Å². The van der Waals surface area contributed by atoms with E-state index in [9.17, 15) is 0 Å². The summed E-state index contributed by atoms with van der Waals surface area (Å²) in [5.41, 5.74) is 2.09. The van der Waals surface area contributed by atoms with Crippen molar-refractivity contribution in [1.82, 2.24) is 15.2 Å². The number of hydrogen-bond acceptors (Lipinski definition) is 3. The Morgan fingerprint density at radius 2 is 2.24 bits per heavy atom. The van der Waals surface area contributed by atoms with E-state index in [1.54, 1.807) is 0 Å². The van der Waals surface area contributed by atoms with Crippen molar-refractivity contribution < 1.29 is 0 Å². The van der Waals surface area contributed by atoms with Gasteiger partial charge in [0, 0.05) is 30.1 Å². The second-order valence-corrected chi connectivity index (χ2v) is 6.11. The SMILES string of the molecule is CCN(Cc1cc2ccccc2nc1Cl)CC1CCCN1. The highest BCUT2D eigenvalue weighted by molar-refractivity contribution is 6.30. The van der Waals surface area contributed by atoms with Gasteiger partial charge in [0.25, 0.3) is 0 Å². The molecule has 0 bridgehead atoms. The Hall–Kier alpha value is -1.16. The van der Waals surface area contributed by atoms with Crippen LogP contribution in [0.3, 0.4) is 0 Å². The summed E-state index contributed by atoms with van der Waals surface area (Å²) < 4.78 is 0. The van der Waals surface area contributed by atoms with Crippen LogP contribution in [-0.4, -0.2) is 35.6 Å². The number of hydrogen-bond donors (Lipinski definition) is 1. The van der Waals surface area contributed by atoms with Gasteiger partial charge in [-0.1, -0.05) is 36.7 Å². The van der Waals surface area contributed by atoms with Crippen molar-refractivity contribution in [3.05, 3.63) is 41.0 Å². The number of pyridine rings is 1. The zero-order valence-corrected chi connectivity index (χ0v) is 13.2. The first-order valence-corrected chi connectivity index (χ1v) is 8.14. The van der Waals surface area contributed by atoms with Crippen LogP contribution in [-0.2, 0) is 6.54 Å². The fourth-order valence-corrected chi connectivity index (χ4v) is 3.22. The predicted octanol–water partition coefficient (Wildman–Crippen LogP) is 3.46. The molecule has 0 aliphatic carbocycles. The lowest BCUT2D eigenvalue weighted by atomic mass is 10.1. The maximum atomic E-state index is 6.37. The van der Waals surface area contributed by atoms with Crippen LogP contribution in [0.1, 0.15) is 25.3 Å². The molecule has 0 amide bonds. The standard InChI is InChI=1S/C17H22ClN3/c1-2-21(12-15-7-5-9-19-15)11-14-10-13-6-3-4-8-16(13)20-17(14)18/h3-4,6,8,10,15,19H,2,5,7,9,11-12H2,1H3. The fraction of sp³-hybridized carbons (Fsp3) is 0.471. The predicted molar refractivity (Wildman–Crippen MR) is 88.7 cm³/mol. The second kappa shape index (κ2) is 6.73. The van der Waals surface area contributed by atoms with Gasteiger partial charge < -0.3 is 5.32 Å². The quantitative estimate of drug-likeness (QED) is 0.857. The van der Waals surface area contributed by atoms with E-state index in [1.165, 1.54) is 12.8 Å². The Bertz CT molecular complexity index is 608. The topological polar surface area (TPSA) is 28.2 Å². The Kier molecular flexibility index (Phi) is 4.73. The molecule has 3 rings (SSSR count). The number of aromatic nitrogens is 1. The second-order valence-electron chi connectivity index (χ2n) is 5.75. The molecule has 112 valence electrons. The average Bonchev–Trinajstić information content (AvgIpc) is 3.00. The largest absolute Gasteiger partial charge is 0.313 e. The number of benzene rings is 1. The molecule has 1 N–H and O–H groups in total. The van der Waals surface area contributed by atoms with Crippen molar-refractivity contribution in [2.24, 2.45) is 0 Å². The van der Waals surface area contributed by atoms with E-state index < -0.39 is 0 Å². The summed E-state index contributed by atoms with van der Waals surface area (Å²) >= 11 is 6.37. The minimum atomic E-state index is 0.622. The van der Waals surface area contributed by atoms with Gasteiger partial charge in [-0.15, -0.1) is 0 Å². The lowest BCUT2D eigenvalue weighted by molar-refractivity contribution is 0.253.